The Hall–Kier alpha value is -3.68. The van der Waals surface area contributed by atoms with Crippen LogP contribution in [0.1, 0.15) is 31.4 Å². The molecule has 1 fully saturated rings. The van der Waals surface area contributed by atoms with Crippen LogP contribution in [0.3, 0.4) is 0 Å². The van der Waals surface area contributed by atoms with E-state index in [-0.39, 0.29) is 16.3 Å². The molecule has 3 aromatic rings. The molecule has 2 aromatic carbocycles. The molecule has 0 bridgehead atoms. The van der Waals surface area contributed by atoms with Gasteiger partial charge in [0.25, 0.3) is 0 Å². The fourth-order valence-corrected chi connectivity index (χ4v) is 3.68. The molecule has 1 aliphatic heterocycles. The number of nitro groups is 1. The molecule has 0 spiro atoms. The van der Waals surface area contributed by atoms with Crippen LogP contribution in [-0.2, 0) is 0 Å². The van der Waals surface area contributed by atoms with Crippen LogP contribution in [0.25, 0.3) is 5.69 Å². The van der Waals surface area contributed by atoms with Crippen LogP contribution in [0.15, 0.2) is 65.8 Å². The van der Waals surface area contributed by atoms with Crippen molar-refractivity contribution in [2.24, 2.45) is 5.10 Å². The molecule has 8 heteroatoms. The summed E-state index contributed by atoms with van der Waals surface area (Å²) in [6, 6.07) is 19.0. The highest BCUT2D eigenvalue weighted by atomic mass is 16.6. The molecular formula is C22H24N6O2. The smallest absolute Gasteiger partial charge is 0.340 e. The number of nitrogens with one attached hydrogen (secondary N) is 1. The van der Waals surface area contributed by atoms with E-state index in [2.05, 4.69) is 20.5 Å². The molecule has 1 aliphatic rings. The van der Waals surface area contributed by atoms with Gasteiger partial charge in [-0.2, -0.15) is 10.2 Å². The van der Waals surface area contributed by atoms with Gasteiger partial charge in [0.2, 0.25) is 5.82 Å². The highest BCUT2D eigenvalue weighted by Gasteiger charge is 2.32. The Morgan fingerprint density at radius 1 is 0.967 bits per heavy atom. The van der Waals surface area contributed by atoms with Gasteiger partial charge in [-0.1, -0.05) is 49.2 Å². The van der Waals surface area contributed by atoms with Crippen LogP contribution < -0.4 is 10.3 Å². The standard InChI is InChI=1S/C22H24N6O2/c29-28(30)21-20(17-23-24-18-11-5-3-6-12-18)25-27(19-13-7-4-8-14-19)22(21)26-15-9-1-2-10-16-26/h3-8,11-14,17,24H,1-2,9-10,15-16H2. The van der Waals surface area contributed by atoms with E-state index >= 15 is 0 Å². The van der Waals surface area contributed by atoms with E-state index in [1.807, 2.05) is 60.7 Å². The van der Waals surface area contributed by atoms with E-state index in [9.17, 15) is 10.1 Å². The lowest BCUT2D eigenvalue weighted by atomic mass is 10.2. The third kappa shape index (κ3) is 4.32. The van der Waals surface area contributed by atoms with Crippen LogP contribution in [0, 0.1) is 10.1 Å². The van der Waals surface area contributed by atoms with Crippen LogP contribution in [0.2, 0.25) is 0 Å². The number of anilines is 2. The molecule has 0 aliphatic carbocycles. The maximum atomic E-state index is 12.1. The summed E-state index contributed by atoms with van der Waals surface area (Å²) in [7, 11) is 0. The van der Waals surface area contributed by atoms with E-state index in [0.29, 0.717) is 5.82 Å². The first-order valence-electron chi connectivity index (χ1n) is 10.2. The lowest BCUT2D eigenvalue weighted by Crippen LogP contribution is -2.27. The second kappa shape index (κ2) is 9.21. The molecule has 1 N–H and O–H groups in total. The Kier molecular flexibility index (Phi) is 6.03. The summed E-state index contributed by atoms with van der Waals surface area (Å²) in [6.45, 7) is 1.55. The average Bonchev–Trinajstić information content (AvgIpc) is 2.95. The van der Waals surface area contributed by atoms with Crippen molar-refractivity contribution < 1.29 is 4.92 Å². The first-order chi connectivity index (χ1) is 14.7. The van der Waals surface area contributed by atoms with Crippen molar-refractivity contribution in [2.75, 3.05) is 23.4 Å². The second-order valence-corrected chi connectivity index (χ2v) is 7.20. The van der Waals surface area contributed by atoms with Gasteiger partial charge in [-0.3, -0.25) is 15.5 Å². The van der Waals surface area contributed by atoms with E-state index in [1.165, 1.54) is 6.21 Å². The Bertz CT molecular complexity index is 1010. The molecule has 1 aromatic heterocycles. The molecule has 30 heavy (non-hydrogen) atoms. The minimum Gasteiger partial charge on any atom is -0.351 e. The maximum absolute atomic E-state index is 12.1. The van der Waals surface area contributed by atoms with Gasteiger partial charge < -0.3 is 4.90 Å². The van der Waals surface area contributed by atoms with Crippen LogP contribution in [0.4, 0.5) is 17.2 Å². The van der Waals surface area contributed by atoms with Crippen molar-refractivity contribution in [1.82, 2.24) is 9.78 Å². The molecule has 0 amide bonds. The van der Waals surface area contributed by atoms with Gasteiger partial charge in [-0.05, 0) is 37.1 Å². The topological polar surface area (TPSA) is 88.6 Å². The summed E-state index contributed by atoms with van der Waals surface area (Å²) in [5, 5.41) is 20.9. The molecule has 8 nitrogen and oxygen atoms in total. The van der Waals surface area contributed by atoms with Crippen molar-refractivity contribution >= 4 is 23.4 Å². The normalized spacial score (nSPS) is 14.6. The van der Waals surface area contributed by atoms with Gasteiger partial charge in [-0.15, -0.1) is 0 Å². The molecule has 4 rings (SSSR count). The summed E-state index contributed by atoms with van der Waals surface area (Å²) in [6.07, 6.45) is 5.72. The first kappa shape index (κ1) is 19.6. The van der Waals surface area contributed by atoms with Gasteiger partial charge in [0.15, 0.2) is 5.69 Å². The number of hydrazone groups is 1. The van der Waals surface area contributed by atoms with Crippen molar-refractivity contribution in [3.8, 4) is 5.69 Å². The zero-order chi connectivity index (χ0) is 20.8. The number of aromatic nitrogens is 2. The minimum absolute atomic E-state index is 0.0145. The molecule has 0 unspecified atom stereocenters. The quantitative estimate of drug-likeness (QED) is 0.368. The van der Waals surface area contributed by atoms with E-state index < -0.39 is 0 Å². The molecule has 1 saturated heterocycles. The fraction of sp³-hybridized carbons (Fsp3) is 0.273. The molecular weight excluding hydrogens is 380 g/mol. The van der Waals surface area contributed by atoms with Crippen molar-refractivity contribution in [3.63, 3.8) is 0 Å². The van der Waals surface area contributed by atoms with Gasteiger partial charge in [0.05, 0.1) is 22.5 Å². The van der Waals surface area contributed by atoms with E-state index in [4.69, 9.17) is 0 Å². The number of benzene rings is 2. The summed E-state index contributed by atoms with van der Waals surface area (Å²) < 4.78 is 1.67. The first-order valence-corrected chi connectivity index (χ1v) is 10.2. The summed E-state index contributed by atoms with van der Waals surface area (Å²) in [5.74, 6) is 0.522. The number of nitrogens with zero attached hydrogens (tertiary/aromatic N) is 5. The third-order valence-corrected chi connectivity index (χ3v) is 5.11. The zero-order valence-corrected chi connectivity index (χ0v) is 16.6. The minimum atomic E-state index is -0.351. The Morgan fingerprint density at radius 2 is 1.60 bits per heavy atom. The Labute approximate surface area is 175 Å². The second-order valence-electron chi connectivity index (χ2n) is 7.20. The SMILES string of the molecule is O=[N+]([O-])c1c(C=NNc2ccccc2)nn(-c2ccccc2)c1N1CCCCCC1. The predicted octanol–water partition coefficient (Wildman–Crippen LogP) is 4.61. The molecule has 0 radical (unpaired) electrons. The average molecular weight is 404 g/mol. The predicted molar refractivity (Wildman–Crippen MR) is 119 cm³/mol. The van der Waals surface area contributed by atoms with Gasteiger partial charge in [0.1, 0.15) is 0 Å². The number of hydrogen-bond acceptors (Lipinski definition) is 6. The zero-order valence-electron chi connectivity index (χ0n) is 16.6. The lowest BCUT2D eigenvalue weighted by molar-refractivity contribution is -0.384. The Morgan fingerprint density at radius 3 is 2.23 bits per heavy atom. The number of rotatable bonds is 6. The Balaban J connectivity index is 1.76. The van der Waals surface area contributed by atoms with Crippen LogP contribution in [0.5, 0.6) is 0 Å². The van der Waals surface area contributed by atoms with Gasteiger partial charge in [-0.25, -0.2) is 4.68 Å². The molecule has 2 heterocycles. The fourth-order valence-electron chi connectivity index (χ4n) is 3.68. The van der Waals surface area contributed by atoms with Crippen molar-refractivity contribution in [3.05, 3.63) is 76.5 Å². The third-order valence-electron chi connectivity index (χ3n) is 5.11. The largest absolute Gasteiger partial charge is 0.351 e. The van der Waals surface area contributed by atoms with Crippen molar-refractivity contribution in [2.45, 2.75) is 25.7 Å². The summed E-state index contributed by atoms with van der Waals surface area (Å²) in [5.41, 5.74) is 4.70. The highest BCUT2D eigenvalue weighted by molar-refractivity contribution is 5.88. The van der Waals surface area contributed by atoms with Crippen LogP contribution >= 0.6 is 0 Å². The lowest BCUT2D eigenvalue weighted by Gasteiger charge is -2.22. The van der Waals surface area contributed by atoms with E-state index in [1.54, 1.807) is 4.68 Å². The number of para-hydroxylation sites is 2. The molecule has 0 saturated carbocycles. The monoisotopic (exact) mass is 404 g/mol. The highest BCUT2D eigenvalue weighted by Crippen LogP contribution is 2.35. The molecule has 0 atom stereocenters. The van der Waals surface area contributed by atoms with Crippen LogP contribution in [-0.4, -0.2) is 34.0 Å². The maximum Gasteiger partial charge on any atom is 0.340 e. The van der Waals surface area contributed by atoms with Gasteiger partial charge >= 0.3 is 5.69 Å². The van der Waals surface area contributed by atoms with Gasteiger partial charge in [0, 0.05) is 13.1 Å². The number of hydrogen-bond donors (Lipinski definition) is 1. The van der Waals surface area contributed by atoms with Crippen molar-refractivity contribution in [1.29, 1.82) is 0 Å². The molecule has 154 valence electrons. The van der Waals surface area contributed by atoms with E-state index in [0.717, 1.165) is 50.1 Å². The summed E-state index contributed by atoms with van der Waals surface area (Å²) >= 11 is 0. The summed E-state index contributed by atoms with van der Waals surface area (Å²) in [4.78, 5) is 13.8.